The van der Waals surface area contributed by atoms with Gasteiger partial charge < -0.3 is 24.5 Å². The van der Waals surface area contributed by atoms with Crippen LogP contribution in [0.15, 0.2) is 48.6 Å². The first-order chi connectivity index (χ1) is 18.2. The first-order valence-corrected chi connectivity index (χ1v) is 13.8. The number of carbonyl (C=O) groups is 3. The minimum absolute atomic E-state index is 0.0767. The molecule has 0 aromatic heterocycles. The zero-order valence-electron chi connectivity index (χ0n) is 22.3. The number of amides is 3. The largest absolute Gasteiger partial charge is 0.394 e. The van der Waals surface area contributed by atoms with Crippen molar-refractivity contribution < 1.29 is 24.2 Å². The van der Waals surface area contributed by atoms with Crippen LogP contribution in [0.25, 0.3) is 0 Å². The predicted octanol–water partition coefficient (Wildman–Crippen LogP) is 3.04. The van der Waals surface area contributed by atoms with Crippen LogP contribution < -0.4 is 4.90 Å². The van der Waals surface area contributed by atoms with Gasteiger partial charge in [0.15, 0.2) is 0 Å². The van der Waals surface area contributed by atoms with E-state index < -0.39 is 35.1 Å². The Morgan fingerprint density at radius 3 is 2.34 bits per heavy atom. The number of likely N-dealkylation sites (tertiary alicyclic amines) is 1. The van der Waals surface area contributed by atoms with Gasteiger partial charge in [-0.2, -0.15) is 0 Å². The van der Waals surface area contributed by atoms with Gasteiger partial charge in [0.2, 0.25) is 11.8 Å². The van der Waals surface area contributed by atoms with Crippen molar-refractivity contribution in [3.8, 4) is 0 Å². The van der Waals surface area contributed by atoms with Crippen molar-refractivity contribution in [2.75, 3.05) is 31.6 Å². The molecule has 2 fully saturated rings. The fraction of sp³-hybridized carbons (Fsp3) is 0.552. The number of hydrogen-bond acceptors (Lipinski definition) is 5. The van der Waals surface area contributed by atoms with Crippen LogP contribution in [-0.4, -0.2) is 82.7 Å². The molecule has 2 saturated heterocycles. The normalized spacial score (nSPS) is 34.1. The second-order valence-electron chi connectivity index (χ2n) is 11.0. The highest BCUT2D eigenvalue weighted by Gasteiger charge is 2.76. The zero-order valence-corrected chi connectivity index (χ0v) is 23.1. The van der Waals surface area contributed by atoms with Gasteiger partial charge in [0.1, 0.15) is 11.6 Å². The van der Waals surface area contributed by atoms with Gasteiger partial charge >= 0.3 is 0 Å². The maximum Gasteiger partial charge on any atom is 0.253 e. The molecule has 1 unspecified atom stereocenters. The molecule has 1 aromatic rings. The number of aliphatic hydroxyl groups excluding tert-OH is 1. The average molecular weight is 542 g/mol. The summed E-state index contributed by atoms with van der Waals surface area (Å²) >= 11 is 6.11. The molecule has 1 aromatic carbocycles. The number of anilines is 1. The van der Waals surface area contributed by atoms with Gasteiger partial charge in [-0.05, 0) is 36.6 Å². The number of likely N-dealkylation sites (N-methyl/N-ethyl adjacent to an activating group) is 1. The standard InChI is InChI=1S/C29H36ClN3O5/c1-5-18(3)21(17-34)33-24-27(37)32(20-11-9-19(30)10-12-20)16-8-14-29(24)23(26(33)36)22-25(35)31(4)15-7-13-28(22,6-2)38-29/h7-14,18,21-24,34H,5-6,15-17H2,1-4H3/t18-,21-,22-,23-,24?,28+,29-/m0/s1. The lowest BCUT2D eigenvalue weighted by molar-refractivity contribution is -0.153. The third kappa shape index (κ3) is 3.75. The van der Waals surface area contributed by atoms with Crippen molar-refractivity contribution in [3.63, 3.8) is 0 Å². The number of rotatable bonds is 6. The van der Waals surface area contributed by atoms with Crippen molar-refractivity contribution in [1.29, 1.82) is 0 Å². The van der Waals surface area contributed by atoms with E-state index in [1.807, 2.05) is 45.1 Å². The summed E-state index contributed by atoms with van der Waals surface area (Å²) in [7, 11) is 1.73. The maximum absolute atomic E-state index is 14.5. The first-order valence-electron chi connectivity index (χ1n) is 13.5. The monoisotopic (exact) mass is 541 g/mol. The lowest BCUT2D eigenvalue weighted by Gasteiger charge is -2.42. The Bertz CT molecular complexity index is 1190. The van der Waals surface area contributed by atoms with Crippen LogP contribution >= 0.6 is 11.6 Å². The Labute approximate surface area is 228 Å². The molecule has 0 radical (unpaired) electrons. The van der Waals surface area contributed by atoms with E-state index in [9.17, 15) is 19.5 Å². The van der Waals surface area contributed by atoms with E-state index in [1.165, 1.54) is 0 Å². The summed E-state index contributed by atoms with van der Waals surface area (Å²) in [5.41, 5.74) is -1.72. The van der Waals surface area contributed by atoms with E-state index in [2.05, 4.69) is 0 Å². The van der Waals surface area contributed by atoms with E-state index in [0.717, 1.165) is 0 Å². The number of hydrogen-bond donors (Lipinski definition) is 1. The summed E-state index contributed by atoms with van der Waals surface area (Å²) in [6.45, 7) is 6.31. The van der Waals surface area contributed by atoms with E-state index in [1.54, 1.807) is 46.0 Å². The second kappa shape index (κ2) is 9.81. The zero-order chi connectivity index (χ0) is 27.4. The molecule has 5 rings (SSSR count). The molecule has 8 nitrogen and oxygen atoms in total. The van der Waals surface area contributed by atoms with Crippen LogP contribution in [0.3, 0.4) is 0 Å². The van der Waals surface area contributed by atoms with Crippen LogP contribution in [0, 0.1) is 17.8 Å². The topological polar surface area (TPSA) is 90.4 Å². The van der Waals surface area contributed by atoms with Gasteiger partial charge in [-0.15, -0.1) is 0 Å². The Kier molecular flexibility index (Phi) is 6.95. The lowest BCUT2D eigenvalue weighted by atomic mass is 9.73. The minimum Gasteiger partial charge on any atom is -0.394 e. The number of benzene rings is 1. The molecule has 9 heteroatoms. The van der Waals surface area contributed by atoms with Crippen LogP contribution in [0.5, 0.6) is 0 Å². The molecule has 4 aliphatic heterocycles. The Morgan fingerprint density at radius 1 is 1.03 bits per heavy atom. The number of nitrogens with zero attached hydrogens (tertiary/aromatic N) is 3. The van der Waals surface area contributed by atoms with E-state index in [-0.39, 0.29) is 36.8 Å². The van der Waals surface area contributed by atoms with Crippen molar-refractivity contribution in [3.05, 3.63) is 53.6 Å². The Balaban J connectivity index is 1.71. The van der Waals surface area contributed by atoms with Gasteiger partial charge in [0, 0.05) is 30.8 Å². The molecule has 7 atom stereocenters. The highest BCUT2D eigenvalue weighted by Crippen LogP contribution is 2.59. The molecule has 0 bridgehead atoms. The van der Waals surface area contributed by atoms with E-state index >= 15 is 0 Å². The fourth-order valence-electron chi connectivity index (χ4n) is 6.85. The summed E-state index contributed by atoms with van der Waals surface area (Å²) in [6.07, 6.45) is 8.71. The first kappa shape index (κ1) is 26.9. The molecule has 4 heterocycles. The van der Waals surface area contributed by atoms with Crippen LogP contribution in [0.2, 0.25) is 5.02 Å². The smallest absolute Gasteiger partial charge is 0.253 e. The predicted molar refractivity (Wildman–Crippen MR) is 145 cm³/mol. The highest BCUT2D eigenvalue weighted by molar-refractivity contribution is 6.30. The summed E-state index contributed by atoms with van der Waals surface area (Å²) < 4.78 is 6.94. The maximum atomic E-state index is 14.5. The Hall–Kier alpha value is -2.68. The number of halogens is 1. The SMILES string of the molecule is CC[C@H](C)[C@H](CO)N1C(=O)[C@@H]2[C@H]3C(=O)N(C)CC=C[C@@]3(CC)O[C@@]23C=CCN(c2ccc(Cl)cc2)C(=O)C13. The van der Waals surface area contributed by atoms with E-state index in [4.69, 9.17) is 16.3 Å². The fourth-order valence-corrected chi connectivity index (χ4v) is 6.97. The molecular formula is C29H36ClN3O5. The molecule has 204 valence electrons. The van der Waals surface area contributed by atoms with Crippen LogP contribution in [0.1, 0.15) is 33.6 Å². The second-order valence-corrected chi connectivity index (χ2v) is 11.4. The van der Waals surface area contributed by atoms with Crippen molar-refractivity contribution in [2.45, 2.75) is 56.9 Å². The molecule has 4 aliphatic rings. The van der Waals surface area contributed by atoms with Crippen molar-refractivity contribution in [2.24, 2.45) is 17.8 Å². The minimum atomic E-state index is -1.35. The highest BCUT2D eigenvalue weighted by atomic mass is 35.5. The summed E-state index contributed by atoms with van der Waals surface area (Å²) in [5.74, 6) is -2.55. The number of ether oxygens (including phenoxy) is 1. The summed E-state index contributed by atoms with van der Waals surface area (Å²) in [5, 5.41) is 11.1. The molecule has 1 N–H and O–H groups in total. The number of aliphatic hydroxyl groups is 1. The molecule has 0 aliphatic carbocycles. The van der Waals surface area contributed by atoms with E-state index in [0.29, 0.717) is 30.1 Å². The molecule has 38 heavy (non-hydrogen) atoms. The molecule has 0 saturated carbocycles. The molecule has 3 amide bonds. The number of carbonyl (C=O) groups excluding carboxylic acids is 3. The lowest BCUT2D eigenvalue weighted by Crippen LogP contribution is -2.60. The van der Waals surface area contributed by atoms with Gasteiger partial charge in [0.25, 0.3) is 5.91 Å². The summed E-state index contributed by atoms with van der Waals surface area (Å²) in [6, 6.07) is 5.35. The van der Waals surface area contributed by atoms with Crippen LogP contribution in [0.4, 0.5) is 5.69 Å². The Morgan fingerprint density at radius 2 is 1.71 bits per heavy atom. The molecule has 1 spiro atoms. The molecular weight excluding hydrogens is 506 g/mol. The number of fused-ring (bicyclic) bond motifs is 2. The third-order valence-electron chi connectivity index (χ3n) is 9.06. The van der Waals surface area contributed by atoms with Gasteiger partial charge in [-0.1, -0.05) is 63.1 Å². The van der Waals surface area contributed by atoms with Crippen molar-refractivity contribution >= 4 is 35.0 Å². The van der Waals surface area contributed by atoms with Gasteiger partial charge in [-0.3, -0.25) is 14.4 Å². The third-order valence-corrected chi connectivity index (χ3v) is 9.31. The van der Waals surface area contributed by atoms with Gasteiger partial charge in [-0.25, -0.2) is 0 Å². The van der Waals surface area contributed by atoms with Crippen molar-refractivity contribution in [1.82, 2.24) is 9.80 Å². The van der Waals surface area contributed by atoms with Gasteiger partial charge in [0.05, 0.1) is 30.1 Å². The average Bonchev–Trinajstić information content (AvgIpc) is 3.21. The summed E-state index contributed by atoms with van der Waals surface area (Å²) in [4.78, 5) is 47.7. The van der Waals surface area contributed by atoms with Crippen LogP contribution in [-0.2, 0) is 19.1 Å². The quantitative estimate of drug-likeness (QED) is 0.559.